The zero-order valence-corrected chi connectivity index (χ0v) is 10.6. The second-order valence-corrected chi connectivity index (χ2v) is 4.41. The van der Waals surface area contributed by atoms with Crippen LogP contribution >= 0.6 is 15.9 Å². The molecule has 0 aliphatic heterocycles. The Kier molecular flexibility index (Phi) is 4.76. The van der Waals surface area contributed by atoms with Gasteiger partial charge in [0.15, 0.2) is 0 Å². The maximum absolute atomic E-state index is 12.7. The predicted octanol–water partition coefficient (Wildman–Crippen LogP) is 3.05. The molecule has 0 saturated heterocycles. The van der Waals surface area contributed by atoms with Crippen molar-refractivity contribution in [1.82, 2.24) is 4.98 Å². The Balaban J connectivity index is 2.91. The monoisotopic (exact) mass is 312 g/mol. The number of pyridine rings is 1. The van der Waals surface area contributed by atoms with Crippen LogP contribution in [0.15, 0.2) is 16.7 Å². The van der Waals surface area contributed by atoms with Crippen molar-refractivity contribution in [3.8, 4) is 0 Å². The molecule has 1 aromatic heterocycles. The number of aliphatic hydroxyl groups is 1. The highest BCUT2D eigenvalue weighted by atomic mass is 79.9. The van der Waals surface area contributed by atoms with Gasteiger partial charge in [0.05, 0.1) is 11.7 Å². The van der Waals surface area contributed by atoms with Gasteiger partial charge in [-0.15, -0.1) is 0 Å². The van der Waals surface area contributed by atoms with E-state index in [0.717, 1.165) is 6.07 Å². The third-order valence-electron chi connectivity index (χ3n) is 2.14. The summed E-state index contributed by atoms with van der Waals surface area (Å²) in [5.74, 6) is -0.270. The summed E-state index contributed by atoms with van der Waals surface area (Å²) in [6.07, 6.45) is -3.43. The third kappa shape index (κ3) is 4.16. The van der Waals surface area contributed by atoms with Gasteiger partial charge in [-0.3, -0.25) is 0 Å². The average Bonchev–Trinajstić information content (AvgIpc) is 2.25. The number of alkyl halides is 3. The lowest BCUT2D eigenvalue weighted by molar-refractivity contribution is -0.137. The molecule has 0 aliphatic rings. The van der Waals surface area contributed by atoms with Crippen LogP contribution in [0.2, 0.25) is 0 Å². The van der Waals surface area contributed by atoms with Crippen LogP contribution in [0.1, 0.15) is 18.9 Å². The standard InChI is InChI=1S/C10H12BrF3N2O/c1-2-7(17)5-16-9-8(10(12,13)14)3-6(11)4-15-9/h3-4,7,17H,2,5H2,1H3,(H,15,16). The fraction of sp³-hybridized carbons (Fsp3) is 0.500. The predicted molar refractivity (Wildman–Crippen MR) is 61.7 cm³/mol. The first-order valence-electron chi connectivity index (χ1n) is 4.99. The molecule has 1 atom stereocenters. The molecule has 0 radical (unpaired) electrons. The van der Waals surface area contributed by atoms with Crippen LogP contribution in [-0.4, -0.2) is 22.7 Å². The summed E-state index contributed by atoms with van der Waals surface area (Å²) in [5.41, 5.74) is -0.852. The minimum absolute atomic E-state index is 0.0359. The largest absolute Gasteiger partial charge is 0.419 e. The first-order valence-corrected chi connectivity index (χ1v) is 5.78. The molecular formula is C10H12BrF3N2O. The van der Waals surface area contributed by atoms with E-state index in [9.17, 15) is 18.3 Å². The van der Waals surface area contributed by atoms with Crippen LogP contribution in [0.25, 0.3) is 0 Å². The number of aromatic nitrogens is 1. The minimum atomic E-state index is -4.48. The van der Waals surface area contributed by atoms with Crippen LogP contribution in [0.3, 0.4) is 0 Å². The van der Waals surface area contributed by atoms with Crippen LogP contribution in [0, 0.1) is 0 Å². The lowest BCUT2D eigenvalue weighted by atomic mass is 10.2. The maximum Gasteiger partial charge on any atom is 0.419 e. The first kappa shape index (κ1) is 14.2. The summed E-state index contributed by atoms with van der Waals surface area (Å²) in [7, 11) is 0. The number of nitrogens with one attached hydrogen (secondary N) is 1. The van der Waals surface area contributed by atoms with E-state index in [0.29, 0.717) is 6.42 Å². The highest BCUT2D eigenvalue weighted by molar-refractivity contribution is 9.10. The number of anilines is 1. The Morgan fingerprint density at radius 1 is 1.53 bits per heavy atom. The molecule has 0 aromatic carbocycles. The lowest BCUT2D eigenvalue weighted by Crippen LogP contribution is -2.21. The molecule has 1 heterocycles. The molecular weight excluding hydrogens is 301 g/mol. The minimum Gasteiger partial charge on any atom is -0.391 e. The van der Waals surface area contributed by atoms with Crippen molar-refractivity contribution >= 4 is 21.7 Å². The first-order chi connectivity index (χ1) is 7.84. The van der Waals surface area contributed by atoms with Crippen molar-refractivity contribution in [1.29, 1.82) is 0 Å². The summed E-state index contributed by atoms with van der Waals surface area (Å²) in [4.78, 5) is 3.66. The molecule has 0 bridgehead atoms. The Bertz CT molecular complexity index is 384. The molecule has 0 spiro atoms. The van der Waals surface area contributed by atoms with E-state index in [1.165, 1.54) is 6.20 Å². The maximum atomic E-state index is 12.7. The van der Waals surface area contributed by atoms with E-state index in [1.54, 1.807) is 6.92 Å². The van der Waals surface area contributed by atoms with E-state index in [1.807, 2.05) is 0 Å². The summed E-state index contributed by atoms with van der Waals surface area (Å²) < 4.78 is 38.3. The summed E-state index contributed by atoms with van der Waals surface area (Å²) in [5, 5.41) is 11.8. The van der Waals surface area contributed by atoms with Gasteiger partial charge in [-0.1, -0.05) is 6.92 Å². The van der Waals surface area contributed by atoms with Gasteiger partial charge in [-0.05, 0) is 28.4 Å². The van der Waals surface area contributed by atoms with Crippen LogP contribution in [0.4, 0.5) is 19.0 Å². The Labute approximate surface area is 105 Å². The number of aliphatic hydroxyl groups excluding tert-OH is 1. The Hall–Kier alpha value is -0.820. The smallest absolute Gasteiger partial charge is 0.391 e. The van der Waals surface area contributed by atoms with E-state index >= 15 is 0 Å². The topological polar surface area (TPSA) is 45.1 Å². The van der Waals surface area contributed by atoms with Gasteiger partial charge in [0.1, 0.15) is 5.82 Å². The summed E-state index contributed by atoms with van der Waals surface area (Å²) in [6.45, 7) is 1.78. The van der Waals surface area contributed by atoms with E-state index in [2.05, 4.69) is 26.2 Å². The van der Waals surface area contributed by atoms with E-state index < -0.39 is 17.8 Å². The number of rotatable bonds is 4. The second-order valence-electron chi connectivity index (χ2n) is 3.49. The van der Waals surface area contributed by atoms with Gasteiger partial charge in [-0.25, -0.2) is 4.98 Å². The zero-order chi connectivity index (χ0) is 13.1. The molecule has 96 valence electrons. The molecule has 0 saturated carbocycles. The van der Waals surface area contributed by atoms with Gasteiger partial charge in [0, 0.05) is 17.2 Å². The molecule has 7 heteroatoms. The van der Waals surface area contributed by atoms with Crippen molar-refractivity contribution in [2.45, 2.75) is 25.6 Å². The second kappa shape index (κ2) is 5.68. The van der Waals surface area contributed by atoms with E-state index in [-0.39, 0.29) is 16.8 Å². The van der Waals surface area contributed by atoms with Gasteiger partial charge >= 0.3 is 6.18 Å². The molecule has 0 aliphatic carbocycles. The van der Waals surface area contributed by atoms with E-state index in [4.69, 9.17) is 0 Å². The quantitative estimate of drug-likeness (QED) is 0.898. The van der Waals surface area contributed by atoms with Crippen molar-refractivity contribution in [2.24, 2.45) is 0 Å². The number of hydrogen-bond donors (Lipinski definition) is 2. The van der Waals surface area contributed by atoms with Crippen LogP contribution in [-0.2, 0) is 6.18 Å². The molecule has 3 nitrogen and oxygen atoms in total. The normalized spacial score (nSPS) is 13.5. The van der Waals surface area contributed by atoms with Crippen LogP contribution < -0.4 is 5.32 Å². The Morgan fingerprint density at radius 2 is 2.18 bits per heavy atom. The highest BCUT2D eigenvalue weighted by Crippen LogP contribution is 2.35. The number of nitrogens with zero attached hydrogens (tertiary/aromatic N) is 1. The lowest BCUT2D eigenvalue weighted by Gasteiger charge is -2.15. The van der Waals surface area contributed by atoms with Gasteiger partial charge < -0.3 is 10.4 Å². The summed E-state index contributed by atoms with van der Waals surface area (Å²) in [6, 6.07) is 0.952. The number of hydrogen-bond acceptors (Lipinski definition) is 3. The fourth-order valence-corrected chi connectivity index (χ4v) is 1.49. The fourth-order valence-electron chi connectivity index (χ4n) is 1.16. The van der Waals surface area contributed by atoms with Gasteiger partial charge in [-0.2, -0.15) is 13.2 Å². The van der Waals surface area contributed by atoms with Crippen LogP contribution in [0.5, 0.6) is 0 Å². The van der Waals surface area contributed by atoms with Crippen molar-refractivity contribution < 1.29 is 18.3 Å². The number of halogens is 4. The van der Waals surface area contributed by atoms with Crippen molar-refractivity contribution in [2.75, 3.05) is 11.9 Å². The molecule has 2 N–H and O–H groups in total. The zero-order valence-electron chi connectivity index (χ0n) is 9.05. The molecule has 0 amide bonds. The molecule has 17 heavy (non-hydrogen) atoms. The third-order valence-corrected chi connectivity index (χ3v) is 2.57. The van der Waals surface area contributed by atoms with Crippen molar-refractivity contribution in [3.05, 3.63) is 22.3 Å². The highest BCUT2D eigenvalue weighted by Gasteiger charge is 2.34. The van der Waals surface area contributed by atoms with Gasteiger partial charge in [0.25, 0.3) is 0 Å². The Morgan fingerprint density at radius 3 is 2.71 bits per heavy atom. The molecule has 1 unspecified atom stereocenters. The van der Waals surface area contributed by atoms with Crippen molar-refractivity contribution in [3.63, 3.8) is 0 Å². The summed E-state index contributed by atoms with van der Waals surface area (Å²) >= 11 is 2.94. The SMILES string of the molecule is CCC(O)CNc1ncc(Br)cc1C(F)(F)F. The molecule has 1 aromatic rings. The average molecular weight is 313 g/mol. The molecule has 1 rings (SSSR count). The molecule has 0 fully saturated rings. The van der Waals surface area contributed by atoms with Gasteiger partial charge in [0.2, 0.25) is 0 Å².